The number of nitrogens with one attached hydrogen (secondary N) is 1. The summed E-state index contributed by atoms with van der Waals surface area (Å²) >= 11 is 0. The summed E-state index contributed by atoms with van der Waals surface area (Å²) in [6, 6.07) is 0. The van der Waals surface area contributed by atoms with Crippen molar-refractivity contribution in [3.05, 3.63) is 18.7 Å². The first-order chi connectivity index (χ1) is 4.11. The van der Waals surface area contributed by atoms with Gasteiger partial charge in [0.2, 0.25) is 6.33 Å². The molecule has 0 amide bonds. The van der Waals surface area contributed by atoms with E-state index >= 15 is 0 Å². The maximum absolute atomic E-state index is 3.00. The highest BCUT2D eigenvalue weighted by Gasteiger charge is 2.16. The van der Waals surface area contributed by atoms with Crippen molar-refractivity contribution in [1.29, 1.82) is 0 Å². The average molecular weight is 205 g/mol. The Morgan fingerprint density at radius 3 is 2.10 bits per heavy atom. The van der Waals surface area contributed by atoms with Crippen molar-refractivity contribution in [3.63, 3.8) is 0 Å². The Bertz CT molecular complexity index is 174. The topological polar surface area (TPSA) is 19.7 Å². The number of rotatable bonds is 0. The van der Waals surface area contributed by atoms with Gasteiger partial charge in [0, 0.05) is 0 Å². The van der Waals surface area contributed by atoms with Gasteiger partial charge in [0.15, 0.2) is 0 Å². The smallest absolute Gasteiger partial charge is 0.241 e. The van der Waals surface area contributed by atoms with E-state index in [1.807, 2.05) is 18.7 Å². The molecular formula is C7H13BrN2. The summed E-state index contributed by atoms with van der Waals surface area (Å²) in [5.74, 6) is 0. The summed E-state index contributed by atoms with van der Waals surface area (Å²) in [6.45, 7) is 6.50. The molecular weight excluding hydrogens is 192 g/mol. The van der Waals surface area contributed by atoms with Crippen LogP contribution in [0.4, 0.5) is 0 Å². The van der Waals surface area contributed by atoms with Gasteiger partial charge in [-0.2, -0.15) is 0 Å². The fourth-order valence-corrected chi connectivity index (χ4v) is 0.707. The number of H-pyrrole nitrogens is 1. The molecule has 0 bridgehead atoms. The Labute approximate surface area is 72.0 Å². The molecule has 0 spiro atoms. The van der Waals surface area contributed by atoms with Crippen LogP contribution in [0.2, 0.25) is 0 Å². The monoisotopic (exact) mass is 204 g/mol. The number of aromatic amines is 1. The Kier molecular flexibility index (Phi) is 3.09. The standard InChI is InChI=1S/C7H12N2.BrH/c1-7(2,3)9-5-4-8-6-9;/h4-6H,1-3H3;1H. The van der Waals surface area contributed by atoms with Gasteiger partial charge in [0.1, 0.15) is 17.9 Å². The third-order valence-corrected chi connectivity index (χ3v) is 1.32. The predicted molar refractivity (Wildman–Crippen MR) is 36.0 cm³/mol. The summed E-state index contributed by atoms with van der Waals surface area (Å²) in [4.78, 5) is 3.00. The Morgan fingerprint density at radius 2 is 1.90 bits per heavy atom. The lowest BCUT2D eigenvalue weighted by Crippen LogP contribution is -3.00. The van der Waals surface area contributed by atoms with Crippen LogP contribution in [0.15, 0.2) is 18.7 Å². The minimum Gasteiger partial charge on any atom is -1.00 e. The van der Waals surface area contributed by atoms with E-state index in [1.54, 1.807) is 0 Å². The molecule has 58 valence electrons. The number of nitrogens with zero attached hydrogens (tertiary/aromatic N) is 1. The molecule has 0 saturated heterocycles. The van der Waals surface area contributed by atoms with Crippen molar-refractivity contribution in [2.24, 2.45) is 0 Å². The Balaban J connectivity index is 0.000000810. The highest BCUT2D eigenvalue weighted by atomic mass is 79.9. The van der Waals surface area contributed by atoms with E-state index in [-0.39, 0.29) is 22.5 Å². The quantitative estimate of drug-likeness (QED) is 0.475. The molecule has 0 atom stereocenters. The summed E-state index contributed by atoms with van der Waals surface area (Å²) in [5, 5.41) is 0. The van der Waals surface area contributed by atoms with E-state index in [1.165, 1.54) is 0 Å². The minimum absolute atomic E-state index is 0. The highest BCUT2D eigenvalue weighted by Crippen LogP contribution is 2.00. The lowest BCUT2D eigenvalue weighted by molar-refractivity contribution is -0.752. The van der Waals surface area contributed by atoms with Gasteiger partial charge < -0.3 is 17.0 Å². The molecule has 1 aromatic rings. The SMILES string of the molecule is CC(C)(C)[n+]1cc[nH]c1.[Br-]. The molecule has 0 unspecified atom stereocenters. The summed E-state index contributed by atoms with van der Waals surface area (Å²) in [7, 11) is 0. The zero-order valence-electron chi connectivity index (χ0n) is 6.56. The van der Waals surface area contributed by atoms with Gasteiger partial charge in [-0.15, -0.1) is 0 Å². The van der Waals surface area contributed by atoms with Crippen LogP contribution >= 0.6 is 0 Å². The molecule has 0 aliphatic rings. The van der Waals surface area contributed by atoms with Crippen LogP contribution in [0.5, 0.6) is 0 Å². The van der Waals surface area contributed by atoms with Crippen molar-refractivity contribution >= 4 is 0 Å². The molecule has 0 aliphatic heterocycles. The molecule has 2 nitrogen and oxygen atoms in total. The number of imidazole rings is 1. The predicted octanol–water partition coefficient (Wildman–Crippen LogP) is -1.94. The van der Waals surface area contributed by atoms with Crippen molar-refractivity contribution in [2.45, 2.75) is 26.3 Å². The van der Waals surface area contributed by atoms with Crippen molar-refractivity contribution < 1.29 is 21.5 Å². The normalized spacial score (nSPS) is 10.7. The first kappa shape index (κ1) is 9.69. The maximum atomic E-state index is 3.00. The highest BCUT2D eigenvalue weighted by molar-refractivity contribution is 4.60. The third kappa shape index (κ3) is 2.14. The van der Waals surface area contributed by atoms with E-state index in [0.29, 0.717) is 0 Å². The second-order valence-corrected chi connectivity index (χ2v) is 3.19. The molecule has 0 fully saturated rings. The molecule has 1 N–H and O–H groups in total. The second kappa shape index (κ2) is 3.19. The molecule has 10 heavy (non-hydrogen) atoms. The van der Waals surface area contributed by atoms with Gasteiger partial charge in [-0.1, -0.05) is 0 Å². The van der Waals surface area contributed by atoms with E-state index in [0.717, 1.165) is 0 Å². The molecule has 1 aromatic heterocycles. The number of halogens is 1. The van der Waals surface area contributed by atoms with E-state index in [2.05, 4.69) is 30.3 Å². The van der Waals surface area contributed by atoms with Gasteiger partial charge in [-0.25, -0.2) is 4.57 Å². The Hall–Kier alpha value is -0.310. The molecule has 3 heteroatoms. The van der Waals surface area contributed by atoms with Crippen LogP contribution in [-0.4, -0.2) is 4.98 Å². The number of aromatic nitrogens is 2. The second-order valence-electron chi connectivity index (χ2n) is 3.19. The number of hydrogen-bond donors (Lipinski definition) is 1. The molecule has 0 saturated carbocycles. The van der Waals surface area contributed by atoms with Crippen LogP contribution < -0.4 is 21.5 Å². The lowest BCUT2D eigenvalue weighted by Gasteiger charge is -2.12. The third-order valence-electron chi connectivity index (χ3n) is 1.32. The minimum atomic E-state index is 0. The molecule has 1 rings (SSSR count). The largest absolute Gasteiger partial charge is 1.00 e. The Morgan fingerprint density at radius 1 is 1.30 bits per heavy atom. The zero-order chi connectivity index (χ0) is 6.91. The first-order valence-electron chi connectivity index (χ1n) is 3.15. The van der Waals surface area contributed by atoms with Gasteiger partial charge in [-0.3, -0.25) is 4.98 Å². The van der Waals surface area contributed by atoms with Crippen LogP contribution in [0.3, 0.4) is 0 Å². The first-order valence-corrected chi connectivity index (χ1v) is 3.15. The fourth-order valence-electron chi connectivity index (χ4n) is 0.707. The summed E-state index contributed by atoms with van der Waals surface area (Å²) in [6.07, 6.45) is 5.91. The fraction of sp³-hybridized carbons (Fsp3) is 0.571. The molecule has 0 aliphatic carbocycles. The van der Waals surface area contributed by atoms with Crippen LogP contribution in [-0.2, 0) is 5.54 Å². The summed E-state index contributed by atoms with van der Waals surface area (Å²) < 4.78 is 2.13. The van der Waals surface area contributed by atoms with Crippen molar-refractivity contribution in [2.75, 3.05) is 0 Å². The van der Waals surface area contributed by atoms with Crippen molar-refractivity contribution in [3.8, 4) is 0 Å². The maximum Gasteiger partial charge on any atom is 0.241 e. The lowest BCUT2D eigenvalue weighted by atomic mass is 10.1. The van der Waals surface area contributed by atoms with Gasteiger partial charge in [0.05, 0.1) is 0 Å². The van der Waals surface area contributed by atoms with Crippen molar-refractivity contribution in [1.82, 2.24) is 4.98 Å². The van der Waals surface area contributed by atoms with E-state index in [4.69, 9.17) is 0 Å². The molecule has 0 aromatic carbocycles. The van der Waals surface area contributed by atoms with E-state index < -0.39 is 0 Å². The van der Waals surface area contributed by atoms with Crippen LogP contribution in [0.1, 0.15) is 20.8 Å². The van der Waals surface area contributed by atoms with Crippen LogP contribution in [0, 0.1) is 0 Å². The number of hydrogen-bond acceptors (Lipinski definition) is 0. The van der Waals surface area contributed by atoms with Gasteiger partial charge in [0.25, 0.3) is 0 Å². The zero-order valence-corrected chi connectivity index (χ0v) is 8.14. The van der Waals surface area contributed by atoms with Crippen LogP contribution in [0.25, 0.3) is 0 Å². The van der Waals surface area contributed by atoms with Gasteiger partial charge in [-0.05, 0) is 20.8 Å². The molecule has 1 heterocycles. The molecule has 0 radical (unpaired) electrons. The average Bonchev–Trinajstić information content (AvgIpc) is 2.08. The van der Waals surface area contributed by atoms with E-state index in [9.17, 15) is 0 Å². The summed E-state index contributed by atoms with van der Waals surface area (Å²) in [5.41, 5.74) is 0.208. The van der Waals surface area contributed by atoms with Gasteiger partial charge >= 0.3 is 0 Å².